The number of rotatable bonds is 7. The van der Waals surface area contributed by atoms with Crippen LogP contribution in [0.25, 0.3) is 0 Å². The summed E-state index contributed by atoms with van der Waals surface area (Å²) in [4.78, 5) is 37.1. The van der Waals surface area contributed by atoms with Crippen molar-refractivity contribution in [3.8, 4) is 0 Å². The van der Waals surface area contributed by atoms with Crippen molar-refractivity contribution in [3.63, 3.8) is 0 Å². The molecular weight excluding hydrogens is 384 g/mol. The van der Waals surface area contributed by atoms with Gasteiger partial charge in [-0.2, -0.15) is 0 Å². The molecular formula is C23H24N2O5. The lowest BCUT2D eigenvalue weighted by atomic mass is 10.0. The van der Waals surface area contributed by atoms with Gasteiger partial charge in [0.1, 0.15) is 0 Å². The molecule has 7 heteroatoms. The molecule has 0 saturated carbocycles. The average molecular weight is 408 g/mol. The number of carbonyl (C=O) groups excluding carboxylic acids is 3. The van der Waals surface area contributed by atoms with Crippen molar-refractivity contribution in [2.75, 3.05) is 17.2 Å². The normalized spacial score (nSPS) is 14.3. The van der Waals surface area contributed by atoms with E-state index in [2.05, 4.69) is 24.5 Å². The van der Waals surface area contributed by atoms with E-state index in [1.807, 2.05) is 18.2 Å². The molecule has 0 aliphatic carbocycles. The Bertz CT molecular complexity index is 965. The van der Waals surface area contributed by atoms with Crippen molar-refractivity contribution in [2.45, 2.75) is 32.8 Å². The zero-order valence-electron chi connectivity index (χ0n) is 17.1. The Morgan fingerprint density at radius 1 is 0.967 bits per heavy atom. The van der Waals surface area contributed by atoms with Gasteiger partial charge in [0.2, 0.25) is 11.7 Å². The summed E-state index contributed by atoms with van der Waals surface area (Å²) >= 11 is 0. The van der Waals surface area contributed by atoms with Crippen LogP contribution in [-0.2, 0) is 23.9 Å². The molecule has 0 bridgehead atoms. The van der Waals surface area contributed by atoms with Crippen molar-refractivity contribution >= 4 is 29.0 Å². The number of amides is 1. The molecule has 1 atom stereocenters. The molecule has 1 amide bonds. The summed E-state index contributed by atoms with van der Waals surface area (Å²) in [6.45, 7) is 5.35. The Kier molecular flexibility index (Phi) is 6.51. The second kappa shape index (κ2) is 9.26. The van der Waals surface area contributed by atoms with E-state index in [-0.39, 0.29) is 18.1 Å². The van der Waals surface area contributed by atoms with E-state index in [9.17, 15) is 14.4 Å². The minimum absolute atomic E-state index is 0.0214. The Morgan fingerprint density at radius 2 is 1.63 bits per heavy atom. The molecule has 3 rings (SSSR count). The van der Waals surface area contributed by atoms with Crippen LogP contribution in [0.3, 0.4) is 0 Å². The highest BCUT2D eigenvalue weighted by atomic mass is 16.6. The first kappa shape index (κ1) is 21.1. The third-order valence-corrected chi connectivity index (χ3v) is 4.59. The minimum Gasteiger partial charge on any atom is -0.470 e. The zero-order chi connectivity index (χ0) is 21.7. The van der Waals surface area contributed by atoms with E-state index in [0.29, 0.717) is 17.3 Å². The summed E-state index contributed by atoms with van der Waals surface area (Å²) < 4.78 is 10.5. The van der Waals surface area contributed by atoms with Gasteiger partial charge >= 0.3 is 5.97 Å². The number of nitrogens with one attached hydrogen (secondary N) is 2. The molecule has 156 valence electrons. The third-order valence-electron chi connectivity index (χ3n) is 4.59. The summed E-state index contributed by atoms with van der Waals surface area (Å²) in [5.41, 5.74) is 2.17. The number of carbonyl (C=O) groups is 3. The topological polar surface area (TPSA) is 93.7 Å². The van der Waals surface area contributed by atoms with Crippen LogP contribution in [-0.4, -0.2) is 30.4 Å². The fourth-order valence-electron chi connectivity index (χ4n) is 2.83. The second-order valence-electron chi connectivity index (χ2n) is 7.22. The van der Waals surface area contributed by atoms with Crippen LogP contribution in [0, 0.1) is 0 Å². The third kappa shape index (κ3) is 5.05. The van der Waals surface area contributed by atoms with E-state index in [4.69, 9.17) is 9.47 Å². The zero-order valence-corrected chi connectivity index (χ0v) is 17.1. The largest absolute Gasteiger partial charge is 0.470 e. The fourth-order valence-corrected chi connectivity index (χ4v) is 2.83. The number of hydrogen-bond donors (Lipinski definition) is 2. The van der Waals surface area contributed by atoms with E-state index < -0.39 is 23.8 Å². The first-order valence-electron chi connectivity index (χ1n) is 9.69. The summed E-state index contributed by atoms with van der Waals surface area (Å²) in [6, 6.07) is 16.4. The maximum Gasteiger partial charge on any atom is 0.348 e. The predicted octanol–water partition coefficient (Wildman–Crippen LogP) is 3.60. The van der Waals surface area contributed by atoms with Crippen molar-refractivity contribution in [1.82, 2.24) is 0 Å². The molecule has 0 fully saturated rings. The van der Waals surface area contributed by atoms with Crippen LogP contribution >= 0.6 is 0 Å². The molecule has 0 radical (unpaired) electrons. The van der Waals surface area contributed by atoms with Crippen LogP contribution in [0.15, 0.2) is 66.1 Å². The number of esters is 1. The van der Waals surface area contributed by atoms with Crippen molar-refractivity contribution in [3.05, 3.63) is 71.6 Å². The Hall–Kier alpha value is -3.61. The maximum atomic E-state index is 12.5. The van der Waals surface area contributed by atoms with Crippen molar-refractivity contribution in [2.24, 2.45) is 0 Å². The van der Waals surface area contributed by atoms with Gasteiger partial charge in [0.15, 0.2) is 18.3 Å². The van der Waals surface area contributed by atoms with Crippen molar-refractivity contribution in [1.29, 1.82) is 0 Å². The van der Waals surface area contributed by atoms with Crippen molar-refractivity contribution < 1.29 is 23.9 Å². The van der Waals surface area contributed by atoms with Gasteiger partial charge in [-0.25, -0.2) is 4.79 Å². The molecule has 0 spiro atoms. The molecule has 7 nitrogen and oxygen atoms in total. The quantitative estimate of drug-likeness (QED) is 0.537. The number of ketones is 1. The second-order valence-corrected chi connectivity index (χ2v) is 7.22. The van der Waals surface area contributed by atoms with Gasteiger partial charge < -0.3 is 20.1 Å². The lowest BCUT2D eigenvalue weighted by molar-refractivity contribution is -0.150. The van der Waals surface area contributed by atoms with Gasteiger partial charge in [-0.15, -0.1) is 0 Å². The summed E-state index contributed by atoms with van der Waals surface area (Å²) in [5, 5.41) is 5.60. The number of Topliss-reactive ketones (excluding diaryl/α,β-unsaturated/α-hetero) is 1. The molecule has 1 aliphatic rings. The van der Waals surface area contributed by atoms with E-state index >= 15 is 0 Å². The first-order valence-corrected chi connectivity index (χ1v) is 9.69. The standard InChI is InChI=1S/C23H24N2O5/c1-14(2)16-9-11-18(12-10-16)24-21(27)15(3)30-23(28)20-19(26)13-29-22(20)25-17-7-5-4-6-8-17/h4-12,14-15,25H,13H2,1-3H3,(H,24,27)/t15-/m0/s1. The van der Waals surface area contributed by atoms with Gasteiger partial charge in [0, 0.05) is 11.4 Å². The molecule has 0 unspecified atom stereocenters. The van der Waals surface area contributed by atoms with Gasteiger partial charge in [-0.1, -0.05) is 44.2 Å². The number of para-hydroxylation sites is 1. The maximum absolute atomic E-state index is 12.5. The Labute approximate surface area is 175 Å². The number of benzene rings is 2. The molecule has 0 aromatic heterocycles. The van der Waals surface area contributed by atoms with E-state index in [0.717, 1.165) is 5.56 Å². The van der Waals surface area contributed by atoms with Crippen LogP contribution in [0.1, 0.15) is 32.3 Å². The summed E-state index contributed by atoms with van der Waals surface area (Å²) in [7, 11) is 0. The molecule has 1 aliphatic heterocycles. The molecule has 2 N–H and O–H groups in total. The van der Waals surface area contributed by atoms with Crippen LogP contribution in [0.5, 0.6) is 0 Å². The highest BCUT2D eigenvalue weighted by Crippen LogP contribution is 2.21. The lowest BCUT2D eigenvalue weighted by Crippen LogP contribution is -2.31. The number of anilines is 2. The first-order chi connectivity index (χ1) is 14.3. The predicted molar refractivity (Wildman–Crippen MR) is 113 cm³/mol. The fraction of sp³-hybridized carbons (Fsp3) is 0.261. The van der Waals surface area contributed by atoms with Gasteiger partial charge in [0.25, 0.3) is 5.91 Å². The van der Waals surface area contributed by atoms with E-state index in [1.165, 1.54) is 6.92 Å². The highest BCUT2D eigenvalue weighted by molar-refractivity contribution is 6.20. The molecule has 2 aromatic rings. The van der Waals surface area contributed by atoms with Gasteiger partial charge in [0.05, 0.1) is 0 Å². The Balaban J connectivity index is 1.65. The highest BCUT2D eigenvalue weighted by Gasteiger charge is 2.34. The molecule has 30 heavy (non-hydrogen) atoms. The minimum atomic E-state index is -1.10. The lowest BCUT2D eigenvalue weighted by Gasteiger charge is -2.14. The van der Waals surface area contributed by atoms with Crippen LogP contribution in [0.4, 0.5) is 11.4 Å². The monoisotopic (exact) mass is 408 g/mol. The van der Waals surface area contributed by atoms with Crippen LogP contribution < -0.4 is 10.6 Å². The number of hydrogen-bond acceptors (Lipinski definition) is 6. The summed E-state index contributed by atoms with van der Waals surface area (Å²) in [5.74, 6) is -1.50. The smallest absolute Gasteiger partial charge is 0.348 e. The number of ether oxygens (including phenoxy) is 2. The summed E-state index contributed by atoms with van der Waals surface area (Å²) in [6.07, 6.45) is -1.10. The van der Waals surface area contributed by atoms with Gasteiger partial charge in [-0.3, -0.25) is 9.59 Å². The SMILES string of the molecule is CC(C)c1ccc(NC(=O)[C@H](C)OC(=O)C2=C(Nc3ccccc3)OCC2=O)cc1. The van der Waals surface area contributed by atoms with Crippen LogP contribution in [0.2, 0.25) is 0 Å². The van der Waals surface area contributed by atoms with E-state index in [1.54, 1.807) is 36.4 Å². The Morgan fingerprint density at radius 3 is 2.27 bits per heavy atom. The average Bonchev–Trinajstić information content (AvgIpc) is 3.09. The van der Waals surface area contributed by atoms with Gasteiger partial charge in [-0.05, 0) is 42.7 Å². The molecule has 1 heterocycles. The molecule has 0 saturated heterocycles. The molecule has 2 aromatic carbocycles.